The van der Waals surface area contributed by atoms with Gasteiger partial charge in [-0.05, 0) is 50.8 Å². The summed E-state index contributed by atoms with van der Waals surface area (Å²) in [5.74, 6) is 0. The average molecular weight is 330 g/mol. The molecule has 3 N–H and O–H groups in total. The number of carbonyl (C=O) groups excluding carboxylic acids is 1. The molecule has 0 saturated heterocycles. The van der Waals surface area contributed by atoms with Crippen molar-refractivity contribution in [2.24, 2.45) is 0 Å². The van der Waals surface area contributed by atoms with Gasteiger partial charge in [-0.1, -0.05) is 18.2 Å². The number of para-hydroxylation sites is 1. The second-order valence-electron chi connectivity index (χ2n) is 5.94. The maximum absolute atomic E-state index is 11.6. The number of aromatic nitrogens is 2. The number of nitrogens with one attached hydrogen (secondary N) is 2. The third-order valence-electron chi connectivity index (χ3n) is 3.78. The van der Waals surface area contributed by atoms with Gasteiger partial charge in [0, 0.05) is 19.3 Å². The van der Waals surface area contributed by atoms with Crippen molar-refractivity contribution in [1.29, 1.82) is 0 Å². The lowest BCUT2D eigenvalue weighted by atomic mass is 10.1. The van der Waals surface area contributed by atoms with E-state index in [9.17, 15) is 4.79 Å². The van der Waals surface area contributed by atoms with Gasteiger partial charge in [0.25, 0.3) is 0 Å². The van der Waals surface area contributed by atoms with Crippen LogP contribution in [0, 0.1) is 6.92 Å². The van der Waals surface area contributed by atoms with Crippen molar-refractivity contribution < 1.29 is 9.90 Å². The molecule has 1 atom stereocenters. The predicted molar refractivity (Wildman–Crippen MR) is 94.3 cm³/mol. The first-order valence-electron chi connectivity index (χ1n) is 8.36. The first-order valence-corrected chi connectivity index (χ1v) is 8.36. The SMILES string of the molecule is Cc1nn(-c2ccccc2)cc1CCCNC(=O)NCCC(C)O. The standard InChI is InChI=1S/C18H26N4O2/c1-14(23)10-12-20-18(24)19-11-6-7-16-13-22(21-15(16)2)17-8-4-3-5-9-17/h3-5,8-9,13-14,23H,6-7,10-12H2,1-2H3,(H2,19,20,24). The van der Waals surface area contributed by atoms with Gasteiger partial charge in [-0.3, -0.25) is 0 Å². The number of aliphatic hydroxyl groups excluding tert-OH is 1. The molecule has 1 aromatic heterocycles. The fourth-order valence-corrected chi connectivity index (χ4v) is 2.39. The predicted octanol–water partition coefficient (Wildman–Crippen LogP) is 2.18. The number of carbonyl (C=O) groups is 1. The Hall–Kier alpha value is -2.34. The van der Waals surface area contributed by atoms with Crippen molar-refractivity contribution >= 4 is 6.03 Å². The molecule has 0 radical (unpaired) electrons. The van der Waals surface area contributed by atoms with Crippen LogP contribution in [0.3, 0.4) is 0 Å². The lowest BCUT2D eigenvalue weighted by Crippen LogP contribution is -2.37. The molecular formula is C18H26N4O2. The second kappa shape index (κ2) is 9.08. The van der Waals surface area contributed by atoms with Gasteiger partial charge >= 0.3 is 6.03 Å². The maximum atomic E-state index is 11.6. The van der Waals surface area contributed by atoms with E-state index in [1.54, 1.807) is 6.92 Å². The minimum absolute atomic E-state index is 0.188. The summed E-state index contributed by atoms with van der Waals surface area (Å²) in [4.78, 5) is 11.6. The van der Waals surface area contributed by atoms with Gasteiger partial charge in [0.05, 0.1) is 17.5 Å². The Kier molecular flexibility index (Phi) is 6.81. The van der Waals surface area contributed by atoms with Crippen LogP contribution in [0.25, 0.3) is 5.69 Å². The van der Waals surface area contributed by atoms with Crippen molar-refractivity contribution in [3.8, 4) is 5.69 Å². The van der Waals surface area contributed by atoms with Crippen molar-refractivity contribution in [3.63, 3.8) is 0 Å². The molecule has 0 fully saturated rings. The number of aliphatic hydroxyl groups is 1. The van der Waals surface area contributed by atoms with Crippen LogP contribution in [0.2, 0.25) is 0 Å². The molecular weight excluding hydrogens is 304 g/mol. The minimum atomic E-state index is -0.394. The zero-order chi connectivity index (χ0) is 17.4. The highest BCUT2D eigenvalue weighted by molar-refractivity contribution is 5.73. The number of aryl methyl sites for hydroxylation is 2. The molecule has 2 aromatic rings. The van der Waals surface area contributed by atoms with E-state index in [1.165, 1.54) is 5.56 Å². The third kappa shape index (κ3) is 5.70. The molecule has 130 valence electrons. The number of benzene rings is 1. The van der Waals surface area contributed by atoms with Crippen molar-refractivity contribution in [2.45, 2.75) is 39.2 Å². The fraction of sp³-hybridized carbons (Fsp3) is 0.444. The van der Waals surface area contributed by atoms with E-state index in [0.717, 1.165) is 24.2 Å². The number of hydrogen-bond donors (Lipinski definition) is 3. The van der Waals surface area contributed by atoms with Crippen LogP contribution in [0.5, 0.6) is 0 Å². The van der Waals surface area contributed by atoms with Gasteiger partial charge in [-0.2, -0.15) is 5.10 Å². The summed E-state index contributed by atoms with van der Waals surface area (Å²) in [7, 11) is 0. The Labute approximate surface area is 142 Å². The summed E-state index contributed by atoms with van der Waals surface area (Å²) in [5, 5.41) is 19.2. The zero-order valence-electron chi connectivity index (χ0n) is 14.3. The summed E-state index contributed by atoms with van der Waals surface area (Å²) >= 11 is 0. The summed E-state index contributed by atoms with van der Waals surface area (Å²) < 4.78 is 1.89. The van der Waals surface area contributed by atoms with E-state index in [-0.39, 0.29) is 6.03 Å². The third-order valence-corrected chi connectivity index (χ3v) is 3.78. The Morgan fingerprint density at radius 2 is 1.96 bits per heavy atom. The topological polar surface area (TPSA) is 79.2 Å². The molecule has 0 bridgehead atoms. The second-order valence-corrected chi connectivity index (χ2v) is 5.94. The molecule has 1 unspecified atom stereocenters. The molecule has 1 aromatic carbocycles. The van der Waals surface area contributed by atoms with Crippen LogP contribution in [-0.4, -0.2) is 40.1 Å². The van der Waals surface area contributed by atoms with E-state index in [0.29, 0.717) is 19.5 Å². The van der Waals surface area contributed by atoms with Crippen molar-refractivity contribution in [1.82, 2.24) is 20.4 Å². The van der Waals surface area contributed by atoms with Gasteiger partial charge in [0.1, 0.15) is 0 Å². The van der Waals surface area contributed by atoms with Gasteiger partial charge in [-0.25, -0.2) is 9.48 Å². The zero-order valence-corrected chi connectivity index (χ0v) is 14.3. The lowest BCUT2D eigenvalue weighted by Gasteiger charge is -2.08. The Bertz CT molecular complexity index is 638. The van der Waals surface area contributed by atoms with Crippen molar-refractivity contribution in [3.05, 3.63) is 47.8 Å². The van der Waals surface area contributed by atoms with E-state index < -0.39 is 6.10 Å². The quantitative estimate of drug-likeness (QED) is 0.649. The molecule has 1 heterocycles. The molecule has 2 amide bonds. The van der Waals surface area contributed by atoms with E-state index in [2.05, 4.69) is 15.7 Å². The summed E-state index contributed by atoms with van der Waals surface area (Å²) in [6.07, 6.45) is 3.94. The molecule has 6 heteroatoms. The molecule has 0 aliphatic heterocycles. The maximum Gasteiger partial charge on any atom is 0.314 e. The van der Waals surface area contributed by atoms with Crippen LogP contribution < -0.4 is 10.6 Å². The number of nitrogens with zero attached hydrogens (tertiary/aromatic N) is 2. The van der Waals surface area contributed by atoms with Gasteiger partial charge < -0.3 is 15.7 Å². The largest absolute Gasteiger partial charge is 0.393 e. The number of amides is 2. The number of urea groups is 1. The average Bonchev–Trinajstić information content (AvgIpc) is 2.93. The van der Waals surface area contributed by atoms with Crippen LogP contribution in [-0.2, 0) is 6.42 Å². The van der Waals surface area contributed by atoms with Gasteiger partial charge in [0.15, 0.2) is 0 Å². The monoisotopic (exact) mass is 330 g/mol. The van der Waals surface area contributed by atoms with E-state index in [4.69, 9.17) is 5.11 Å². The first kappa shape index (κ1) is 18.0. The summed E-state index contributed by atoms with van der Waals surface area (Å²) in [6.45, 7) is 4.80. The highest BCUT2D eigenvalue weighted by atomic mass is 16.3. The molecule has 0 aliphatic carbocycles. The highest BCUT2D eigenvalue weighted by Crippen LogP contribution is 2.13. The number of rotatable bonds is 8. The Morgan fingerprint density at radius 3 is 2.67 bits per heavy atom. The Morgan fingerprint density at radius 1 is 1.25 bits per heavy atom. The molecule has 24 heavy (non-hydrogen) atoms. The Balaban J connectivity index is 1.73. The minimum Gasteiger partial charge on any atom is -0.393 e. The van der Waals surface area contributed by atoms with Crippen LogP contribution in [0.4, 0.5) is 4.79 Å². The van der Waals surface area contributed by atoms with E-state index in [1.807, 2.05) is 48.1 Å². The van der Waals surface area contributed by atoms with Crippen molar-refractivity contribution in [2.75, 3.05) is 13.1 Å². The fourth-order valence-electron chi connectivity index (χ4n) is 2.39. The molecule has 2 rings (SSSR count). The summed E-state index contributed by atoms with van der Waals surface area (Å²) in [6, 6.07) is 9.83. The van der Waals surface area contributed by atoms with Crippen LogP contribution in [0.15, 0.2) is 36.5 Å². The number of hydrogen-bond acceptors (Lipinski definition) is 3. The smallest absolute Gasteiger partial charge is 0.314 e. The lowest BCUT2D eigenvalue weighted by molar-refractivity contribution is 0.183. The van der Waals surface area contributed by atoms with Crippen LogP contribution >= 0.6 is 0 Å². The molecule has 0 aliphatic rings. The first-order chi connectivity index (χ1) is 11.6. The molecule has 0 saturated carbocycles. The molecule has 6 nitrogen and oxygen atoms in total. The van der Waals surface area contributed by atoms with Crippen LogP contribution in [0.1, 0.15) is 31.0 Å². The highest BCUT2D eigenvalue weighted by Gasteiger charge is 2.06. The van der Waals surface area contributed by atoms with Gasteiger partial charge in [-0.15, -0.1) is 0 Å². The van der Waals surface area contributed by atoms with E-state index >= 15 is 0 Å². The van der Waals surface area contributed by atoms with Gasteiger partial charge in [0.2, 0.25) is 0 Å². The normalized spacial score (nSPS) is 12.0. The summed E-state index contributed by atoms with van der Waals surface area (Å²) in [5.41, 5.74) is 3.25. The molecule has 0 spiro atoms.